The van der Waals surface area contributed by atoms with Crippen molar-refractivity contribution >= 4 is 11.5 Å². The van der Waals surface area contributed by atoms with Crippen molar-refractivity contribution in [1.82, 2.24) is 9.55 Å². The minimum Gasteiger partial charge on any atom is -0.391 e. The zero-order chi connectivity index (χ0) is 11.4. The van der Waals surface area contributed by atoms with E-state index in [1.807, 2.05) is 6.92 Å². The Morgan fingerprint density at radius 3 is 2.53 bits per heavy atom. The number of unbranched alkanes of at least 4 members (excludes halogenated alkanes) is 2. The molecule has 0 aromatic carbocycles. The quantitative estimate of drug-likeness (QED) is 0.605. The third-order valence-electron chi connectivity index (χ3n) is 2.24. The van der Waals surface area contributed by atoms with Gasteiger partial charge in [-0.3, -0.25) is 14.3 Å². The number of nitrogens with one attached hydrogen (secondary N) is 1. The molecule has 0 saturated heterocycles. The van der Waals surface area contributed by atoms with Crippen LogP contribution in [0, 0.1) is 0 Å². The molecule has 1 heterocycles. The summed E-state index contributed by atoms with van der Waals surface area (Å²) >= 11 is 0. The van der Waals surface area contributed by atoms with E-state index in [-0.39, 0.29) is 11.5 Å². The molecule has 0 aliphatic carbocycles. The van der Waals surface area contributed by atoms with Crippen LogP contribution in [0.4, 0.5) is 11.5 Å². The highest BCUT2D eigenvalue weighted by molar-refractivity contribution is 5.55. The van der Waals surface area contributed by atoms with Crippen LogP contribution in [0.5, 0.6) is 0 Å². The first-order chi connectivity index (χ1) is 7.07. The standard InChI is InChI=1S/C9H16N4O2/c1-2-3-4-5-13-8(14)6(10)7(11)12-9(13)15/h2-5,10-11H2,1H3,(H,12,15). The number of hydrogen-bond acceptors (Lipinski definition) is 4. The number of anilines is 2. The molecular formula is C9H16N4O2. The summed E-state index contributed by atoms with van der Waals surface area (Å²) in [5.41, 5.74) is 9.68. The Morgan fingerprint density at radius 2 is 1.93 bits per heavy atom. The highest BCUT2D eigenvalue weighted by Crippen LogP contribution is 2.00. The Morgan fingerprint density at radius 1 is 1.27 bits per heavy atom. The number of aromatic amines is 1. The number of nitrogens with zero attached hydrogens (tertiary/aromatic N) is 1. The highest BCUT2D eigenvalue weighted by atomic mass is 16.2. The number of rotatable bonds is 4. The topological polar surface area (TPSA) is 107 Å². The molecule has 1 aromatic rings. The van der Waals surface area contributed by atoms with E-state index in [4.69, 9.17) is 11.5 Å². The van der Waals surface area contributed by atoms with E-state index in [1.54, 1.807) is 0 Å². The fraction of sp³-hybridized carbons (Fsp3) is 0.556. The third-order valence-corrected chi connectivity index (χ3v) is 2.24. The van der Waals surface area contributed by atoms with Gasteiger partial charge in [0.1, 0.15) is 11.5 Å². The second-order valence-corrected chi connectivity index (χ2v) is 3.42. The van der Waals surface area contributed by atoms with Gasteiger partial charge in [0.2, 0.25) is 0 Å². The molecule has 0 bridgehead atoms. The van der Waals surface area contributed by atoms with Gasteiger partial charge >= 0.3 is 5.69 Å². The van der Waals surface area contributed by atoms with E-state index in [1.165, 1.54) is 0 Å². The summed E-state index contributed by atoms with van der Waals surface area (Å²) in [6.45, 7) is 2.43. The van der Waals surface area contributed by atoms with Crippen LogP contribution in [0.25, 0.3) is 0 Å². The van der Waals surface area contributed by atoms with Crippen molar-refractivity contribution in [1.29, 1.82) is 0 Å². The summed E-state index contributed by atoms with van der Waals surface area (Å²) in [7, 11) is 0. The van der Waals surface area contributed by atoms with Crippen LogP contribution in [-0.2, 0) is 6.54 Å². The molecule has 15 heavy (non-hydrogen) atoms. The molecule has 6 heteroatoms. The summed E-state index contributed by atoms with van der Waals surface area (Å²) in [6, 6.07) is 0. The van der Waals surface area contributed by atoms with Gasteiger partial charge in [0, 0.05) is 6.54 Å². The van der Waals surface area contributed by atoms with E-state index in [0.29, 0.717) is 6.54 Å². The maximum Gasteiger partial charge on any atom is 0.330 e. The monoisotopic (exact) mass is 212 g/mol. The molecule has 1 aromatic heterocycles. The SMILES string of the molecule is CCCCCn1c(=O)[nH]c(N)c(N)c1=O. The number of nitrogen functional groups attached to an aromatic ring is 2. The molecule has 84 valence electrons. The lowest BCUT2D eigenvalue weighted by Crippen LogP contribution is -2.37. The average molecular weight is 212 g/mol. The van der Waals surface area contributed by atoms with Gasteiger partial charge in [-0.2, -0.15) is 0 Å². The average Bonchev–Trinajstić information content (AvgIpc) is 2.20. The van der Waals surface area contributed by atoms with Crippen LogP contribution in [0.3, 0.4) is 0 Å². The third kappa shape index (κ3) is 2.39. The summed E-state index contributed by atoms with van der Waals surface area (Å²) in [5.74, 6) is -0.0586. The van der Waals surface area contributed by atoms with Crippen molar-refractivity contribution in [2.75, 3.05) is 11.5 Å². The van der Waals surface area contributed by atoms with Crippen LogP contribution in [0.1, 0.15) is 26.2 Å². The number of H-pyrrole nitrogens is 1. The minimum atomic E-state index is -0.507. The zero-order valence-corrected chi connectivity index (χ0v) is 8.75. The first-order valence-corrected chi connectivity index (χ1v) is 4.96. The number of aromatic nitrogens is 2. The van der Waals surface area contributed by atoms with E-state index in [0.717, 1.165) is 23.8 Å². The van der Waals surface area contributed by atoms with Gasteiger partial charge in [-0.15, -0.1) is 0 Å². The Balaban J connectivity index is 3.03. The molecule has 0 fully saturated rings. The summed E-state index contributed by atoms with van der Waals surface area (Å²) < 4.78 is 1.08. The van der Waals surface area contributed by atoms with Gasteiger partial charge in [0.25, 0.3) is 5.56 Å². The van der Waals surface area contributed by atoms with Crippen LogP contribution < -0.4 is 22.7 Å². The lowest BCUT2D eigenvalue weighted by atomic mass is 10.2. The molecule has 0 unspecified atom stereocenters. The Hall–Kier alpha value is -1.72. The molecule has 5 N–H and O–H groups in total. The number of hydrogen-bond donors (Lipinski definition) is 3. The molecule has 0 atom stereocenters. The molecule has 0 aliphatic heterocycles. The van der Waals surface area contributed by atoms with Gasteiger partial charge in [-0.1, -0.05) is 19.8 Å². The first-order valence-electron chi connectivity index (χ1n) is 4.96. The summed E-state index contributed by atoms with van der Waals surface area (Å²) in [4.78, 5) is 25.3. The van der Waals surface area contributed by atoms with Crippen LogP contribution in [0.2, 0.25) is 0 Å². The van der Waals surface area contributed by atoms with Crippen molar-refractivity contribution in [2.24, 2.45) is 0 Å². The van der Waals surface area contributed by atoms with Gasteiger partial charge in [-0.25, -0.2) is 4.79 Å². The van der Waals surface area contributed by atoms with Crippen molar-refractivity contribution in [3.05, 3.63) is 20.8 Å². The Bertz CT molecular complexity index is 446. The van der Waals surface area contributed by atoms with Crippen LogP contribution in [-0.4, -0.2) is 9.55 Å². The molecular weight excluding hydrogens is 196 g/mol. The van der Waals surface area contributed by atoms with E-state index in [9.17, 15) is 9.59 Å². The predicted molar refractivity (Wildman–Crippen MR) is 59.7 cm³/mol. The lowest BCUT2D eigenvalue weighted by Gasteiger charge is -2.06. The minimum absolute atomic E-state index is 0.0586. The van der Waals surface area contributed by atoms with Gasteiger partial charge in [0.15, 0.2) is 0 Å². The van der Waals surface area contributed by atoms with E-state index < -0.39 is 11.2 Å². The van der Waals surface area contributed by atoms with E-state index >= 15 is 0 Å². The fourth-order valence-corrected chi connectivity index (χ4v) is 1.33. The number of nitrogens with two attached hydrogens (primary N) is 2. The normalized spacial score (nSPS) is 10.5. The second kappa shape index (κ2) is 4.68. The zero-order valence-electron chi connectivity index (χ0n) is 8.75. The molecule has 0 radical (unpaired) electrons. The van der Waals surface area contributed by atoms with Crippen molar-refractivity contribution in [2.45, 2.75) is 32.7 Å². The van der Waals surface area contributed by atoms with Crippen molar-refractivity contribution < 1.29 is 0 Å². The van der Waals surface area contributed by atoms with Gasteiger partial charge < -0.3 is 11.5 Å². The molecule has 0 aliphatic rings. The molecule has 0 saturated carbocycles. The maximum absolute atomic E-state index is 11.5. The van der Waals surface area contributed by atoms with Crippen LogP contribution in [0.15, 0.2) is 9.59 Å². The van der Waals surface area contributed by atoms with E-state index in [2.05, 4.69) is 4.98 Å². The molecule has 1 rings (SSSR count). The molecule has 6 nitrogen and oxygen atoms in total. The predicted octanol–water partition coefficient (Wildman–Crippen LogP) is -0.109. The largest absolute Gasteiger partial charge is 0.391 e. The summed E-state index contributed by atoms with van der Waals surface area (Å²) in [6.07, 6.45) is 2.77. The molecule has 0 spiro atoms. The van der Waals surface area contributed by atoms with Gasteiger partial charge in [-0.05, 0) is 6.42 Å². The first kappa shape index (κ1) is 11.4. The molecule has 0 amide bonds. The smallest absolute Gasteiger partial charge is 0.330 e. The summed E-state index contributed by atoms with van der Waals surface area (Å²) in [5, 5.41) is 0. The van der Waals surface area contributed by atoms with Crippen molar-refractivity contribution in [3.8, 4) is 0 Å². The maximum atomic E-state index is 11.5. The van der Waals surface area contributed by atoms with Crippen LogP contribution >= 0.6 is 0 Å². The highest BCUT2D eigenvalue weighted by Gasteiger charge is 2.07. The fourth-order valence-electron chi connectivity index (χ4n) is 1.33. The van der Waals surface area contributed by atoms with Gasteiger partial charge in [0.05, 0.1) is 0 Å². The Labute approximate surface area is 86.9 Å². The lowest BCUT2D eigenvalue weighted by molar-refractivity contribution is 0.565. The second-order valence-electron chi connectivity index (χ2n) is 3.42. The van der Waals surface area contributed by atoms with Crippen molar-refractivity contribution in [3.63, 3.8) is 0 Å². The Kier molecular flexibility index (Phi) is 3.54.